The standard InChI is InChI=1S/C21H23N3O5/c1-27-17-5-3-2-4-15(17)8-9-22-20(25)13-23-10-11-24(21(23)26)16-6-7-18-19(12-16)29-14-28-18/h2-7,12H,8-11,13-14H2,1H3,(H,22,25). The fourth-order valence-corrected chi connectivity index (χ4v) is 3.50. The Balaban J connectivity index is 1.28. The van der Waals surface area contributed by atoms with E-state index in [2.05, 4.69) is 5.32 Å². The molecule has 2 aromatic carbocycles. The second kappa shape index (κ2) is 8.30. The summed E-state index contributed by atoms with van der Waals surface area (Å²) in [5.74, 6) is 1.92. The van der Waals surface area contributed by atoms with Crippen molar-refractivity contribution in [1.82, 2.24) is 10.2 Å². The van der Waals surface area contributed by atoms with Crippen molar-refractivity contribution in [2.24, 2.45) is 0 Å². The van der Waals surface area contributed by atoms with Crippen molar-refractivity contribution in [3.63, 3.8) is 0 Å². The molecule has 152 valence electrons. The van der Waals surface area contributed by atoms with Gasteiger partial charge in [-0.05, 0) is 30.2 Å². The Bertz CT molecular complexity index is 917. The van der Waals surface area contributed by atoms with Gasteiger partial charge in [0.05, 0.1) is 7.11 Å². The quantitative estimate of drug-likeness (QED) is 0.773. The van der Waals surface area contributed by atoms with E-state index >= 15 is 0 Å². The third kappa shape index (κ3) is 4.06. The Labute approximate surface area is 168 Å². The number of rotatable bonds is 7. The van der Waals surface area contributed by atoms with Crippen LogP contribution < -0.4 is 24.4 Å². The summed E-state index contributed by atoms with van der Waals surface area (Å²) in [5.41, 5.74) is 1.76. The predicted octanol–water partition coefficient (Wildman–Crippen LogP) is 2.02. The van der Waals surface area contributed by atoms with E-state index in [1.807, 2.05) is 30.3 Å². The largest absolute Gasteiger partial charge is 0.496 e. The lowest BCUT2D eigenvalue weighted by Crippen LogP contribution is -2.40. The smallest absolute Gasteiger partial charge is 0.325 e. The molecule has 2 heterocycles. The molecule has 2 aliphatic heterocycles. The van der Waals surface area contributed by atoms with E-state index < -0.39 is 0 Å². The molecule has 0 bridgehead atoms. The molecule has 0 aromatic heterocycles. The zero-order chi connectivity index (χ0) is 20.2. The number of amides is 3. The van der Waals surface area contributed by atoms with Crippen LogP contribution in [0.4, 0.5) is 10.5 Å². The van der Waals surface area contributed by atoms with Gasteiger partial charge >= 0.3 is 6.03 Å². The molecule has 0 saturated carbocycles. The zero-order valence-corrected chi connectivity index (χ0v) is 16.2. The monoisotopic (exact) mass is 397 g/mol. The lowest BCUT2D eigenvalue weighted by Gasteiger charge is -2.18. The van der Waals surface area contributed by atoms with Crippen LogP contribution in [0.1, 0.15) is 5.56 Å². The summed E-state index contributed by atoms with van der Waals surface area (Å²) < 4.78 is 16.0. The summed E-state index contributed by atoms with van der Waals surface area (Å²) in [6, 6.07) is 12.9. The highest BCUT2D eigenvalue weighted by Crippen LogP contribution is 2.36. The van der Waals surface area contributed by atoms with E-state index in [4.69, 9.17) is 14.2 Å². The van der Waals surface area contributed by atoms with Crippen LogP contribution in [-0.2, 0) is 11.2 Å². The number of methoxy groups -OCH3 is 1. The summed E-state index contributed by atoms with van der Waals surface area (Å²) in [7, 11) is 1.63. The number of fused-ring (bicyclic) bond motifs is 1. The summed E-state index contributed by atoms with van der Waals surface area (Å²) in [4.78, 5) is 28.2. The van der Waals surface area contributed by atoms with Gasteiger partial charge in [0, 0.05) is 31.4 Å². The first kappa shape index (κ1) is 18.9. The second-order valence-corrected chi connectivity index (χ2v) is 6.81. The van der Waals surface area contributed by atoms with Crippen molar-refractivity contribution >= 4 is 17.6 Å². The van der Waals surface area contributed by atoms with Crippen molar-refractivity contribution in [1.29, 1.82) is 0 Å². The number of carbonyl (C=O) groups is 2. The highest BCUT2D eigenvalue weighted by molar-refractivity contribution is 5.96. The number of urea groups is 1. The van der Waals surface area contributed by atoms with Crippen molar-refractivity contribution in [2.75, 3.05) is 45.0 Å². The Morgan fingerprint density at radius 3 is 2.83 bits per heavy atom. The van der Waals surface area contributed by atoms with Crippen LogP contribution in [0, 0.1) is 0 Å². The van der Waals surface area contributed by atoms with Gasteiger partial charge in [-0.15, -0.1) is 0 Å². The number of hydrogen-bond donors (Lipinski definition) is 1. The van der Waals surface area contributed by atoms with Crippen LogP contribution in [0.25, 0.3) is 0 Å². The minimum absolute atomic E-state index is 0.0335. The van der Waals surface area contributed by atoms with Crippen LogP contribution >= 0.6 is 0 Å². The highest BCUT2D eigenvalue weighted by atomic mass is 16.7. The number of benzene rings is 2. The van der Waals surface area contributed by atoms with Crippen LogP contribution in [0.2, 0.25) is 0 Å². The van der Waals surface area contributed by atoms with E-state index in [-0.39, 0.29) is 25.3 Å². The van der Waals surface area contributed by atoms with Gasteiger partial charge < -0.3 is 24.4 Å². The number of nitrogens with zero attached hydrogens (tertiary/aromatic N) is 2. The number of ether oxygens (including phenoxy) is 3. The molecule has 8 nitrogen and oxygen atoms in total. The molecular weight excluding hydrogens is 374 g/mol. The Hall–Kier alpha value is -3.42. The summed E-state index contributed by atoms with van der Waals surface area (Å²) in [5, 5.41) is 2.88. The average Bonchev–Trinajstić information content (AvgIpc) is 3.34. The zero-order valence-electron chi connectivity index (χ0n) is 16.2. The van der Waals surface area contributed by atoms with Crippen molar-refractivity contribution in [3.05, 3.63) is 48.0 Å². The molecule has 29 heavy (non-hydrogen) atoms. The maximum atomic E-state index is 12.7. The Morgan fingerprint density at radius 1 is 1.14 bits per heavy atom. The second-order valence-electron chi connectivity index (χ2n) is 6.81. The van der Waals surface area contributed by atoms with Crippen molar-refractivity contribution < 1.29 is 23.8 Å². The minimum atomic E-state index is -0.191. The molecule has 0 aliphatic carbocycles. The number of anilines is 1. The molecule has 1 fully saturated rings. The molecule has 2 aromatic rings. The van der Waals surface area contributed by atoms with Crippen LogP contribution in [-0.4, -0.2) is 56.9 Å². The van der Waals surface area contributed by atoms with Crippen LogP contribution in [0.3, 0.4) is 0 Å². The first-order chi connectivity index (χ1) is 14.2. The van der Waals surface area contributed by atoms with Gasteiger partial charge in [-0.25, -0.2) is 4.79 Å². The van der Waals surface area contributed by atoms with Crippen molar-refractivity contribution in [3.8, 4) is 17.2 Å². The van der Waals surface area contributed by atoms with E-state index in [1.165, 1.54) is 0 Å². The summed E-state index contributed by atoms with van der Waals surface area (Å²) >= 11 is 0. The number of carbonyl (C=O) groups excluding carboxylic acids is 2. The molecule has 4 rings (SSSR count). The minimum Gasteiger partial charge on any atom is -0.496 e. The number of para-hydroxylation sites is 1. The third-order valence-electron chi connectivity index (χ3n) is 5.01. The van der Waals surface area contributed by atoms with Gasteiger partial charge in [-0.3, -0.25) is 9.69 Å². The lowest BCUT2D eigenvalue weighted by molar-refractivity contribution is -0.121. The first-order valence-corrected chi connectivity index (χ1v) is 9.50. The molecule has 0 spiro atoms. The maximum absolute atomic E-state index is 12.7. The Kier molecular flexibility index (Phi) is 5.41. The van der Waals surface area contributed by atoms with Crippen molar-refractivity contribution in [2.45, 2.75) is 6.42 Å². The average molecular weight is 397 g/mol. The fraction of sp³-hybridized carbons (Fsp3) is 0.333. The van der Waals surface area contributed by atoms with E-state index in [0.717, 1.165) is 17.0 Å². The van der Waals surface area contributed by atoms with Crippen LogP contribution in [0.5, 0.6) is 17.2 Å². The third-order valence-corrected chi connectivity index (χ3v) is 5.01. The lowest BCUT2D eigenvalue weighted by atomic mass is 10.1. The van der Waals surface area contributed by atoms with Crippen LogP contribution in [0.15, 0.2) is 42.5 Å². The highest BCUT2D eigenvalue weighted by Gasteiger charge is 2.31. The SMILES string of the molecule is COc1ccccc1CCNC(=O)CN1CCN(c2ccc3c(c2)OCO3)C1=O. The van der Waals surface area contributed by atoms with Gasteiger partial charge in [-0.1, -0.05) is 18.2 Å². The molecule has 1 saturated heterocycles. The molecule has 1 N–H and O–H groups in total. The summed E-state index contributed by atoms with van der Waals surface area (Å²) in [6.07, 6.45) is 0.660. The van der Waals surface area contributed by atoms with Gasteiger partial charge in [0.25, 0.3) is 0 Å². The van der Waals surface area contributed by atoms with E-state index in [1.54, 1.807) is 29.0 Å². The van der Waals surface area contributed by atoms with Gasteiger partial charge in [0.15, 0.2) is 11.5 Å². The molecular formula is C21H23N3O5. The van der Waals surface area contributed by atoms with E-state index in [0.29, 0.717) is 37.6 Å². The normalized spacial score (nSPS) is 15.0. The maximum Gasteiger partial charge on any atom is 0.325 e. The molecule has 3 amide bonds. The molecule has 0 atom stereocenters. The molecule has 0 radical (unpaired) electrons. The Morgan fingerprint density at radius 2 is 1.97 bits per heavy atom. The topological polar surface area (TPSA) is 80.3 Å². The number of hydrogen-bond acceptors (Lipinski definition) is 5. The fourth-order valence-electron chi connectivity index (χ4n) is 3.50. The molecule has 8 heteroatoms. The first-order valence-electron chi connectivity index (χ1n) is 9.50. The molecule has 0 unspecified atom stereocenters. The summed E-state index contributed by atoms with van der Waals surface area (Å²) in [6.45, 7) is 1.72. The molecule has 2 aliphatic rings. The number of nitrogens with one attached hydrogen (secondary N) is 1. The van der Waals surface area contributed by atoms with Gasteiger partial charge in [-0.2, -0.15) is 0 Å². The van der Waals surface area contributed by atoms with E-state index in [9.17, 15) is 9.59 Å². The van der Waals surface area contributed by atoms with Gasteiger partial charge in [0.1, 0.15) is 12.3 Å². The predicted molar refractivity (Wildman–Crippen MR) is 107 cm³/mol. The van der Waals surface area contributed by atoms with Gasteiger partial charge in [0.2, 0.25) is 12.7 Å².